The van der Waals surface area contributed by atoms with E-state index in [9.17, 15) is 23.5 Å². The lowest BCUT2D eigenvalue weighted by molar-refractivity contribution is -0.137. The lowest BCUT2D eigenvalue weighted by Crippen LogP contribution is -2.47. The van der Waals surface area contributed by atoms with Crippen LogP contribution in [0.5, 0.6) is 5.88 Å². The van der Waals surface area contributed by atoms with Crippen LogP contribution in [0, 0.1) is 11.6 Å². The molecule has 1 atom stereocenters. The second-order valence-electron chi connectivity index (χ2n) is 8.79. The van der Waals surface area contributed by atoms with Gasteiger partial charge < -0.3 is 20.1 Å². The molecule has 1 aromatic heterocycles. The van der Waals surface area contributed by atoms with E-state index in [1.165, 1.54) is 24.5 Å². The Morgan fingerprint density at radius 1 is 1.39 bits per heavy atom. The first kappa shape index (κ1) is 24.9. The molecule has 0 radical (unpaired) electrons. The summed E-state index contributed by atoms with van der Waals surface area (Å²) in [5, 5.41) is 12.4. The minimum atomic E-state index is -1.51. The number of aromatic nitrogens is 2. The van der Waals surface area contributed by atoms with Crippen LogP contribution in [-0.4, -0.2) is 45.3 Å². The average Bonchev–Trinajstić information content (AvgIpc) is 3.17. The van der Waals surface area contributed by atoms with Crippen molar-refractivity contribution in [3.8, 4) is 5.88 Å². The first-order valence-corrected chi connectivity index (χ1v) is 10.9. The maximum atomic E-state index is 14.0. The van der Waals surface area contributed by atoms with Crippen molar-refractivity contribution in [2.24, 2.45) is 0 Å². The maximum Gasteiger partial charge on any atom is 0.277 e. The van der Waals surface area contributed by atoms with Gasteiger partial charge in [-0.15, -0.1) is 0 Å². The third-order valence-electron chi connectivity index (χ3n) is 5.27. The number of hydrogen-bond donors (Lipinski definition) is 2. The van der Waals surface area contributed by atoms with Crippen LogP contribution in [0.3, 0.4) is 0 Å². The third-order valence-corrected chi connectivity index (χ3v) is 5.59. The van der Waals surface area contributed by atoms with Crippen molar-refractivity contribution >= 4 is 23.5 Å². The molecular formula is C22H27ClF2N4O4. The van der Waals surface area contributed by atoms with Gasteiger partial charge in [-0.25, -0.2) is 8.78 Å². The zero-order valence-corrected chi connectivity index (χ0v) is 19.6. The number of carbonyl (C=O) groups is 1. The number of carbonyl (C=O) groups excluding carboxylic acids is 1. The van der Waals surface area contributed by atoms with Gasteiger partial charge in [-0.1, -0.05) is 11.6 Å². The number of anilines is 1. The average molecular weight is 485 g/mol. The smallest absolute Gasteiger partial charge is 0.277 e. The van der Waals surface area contributed by atoms with Gasteiger partial charge in [0.05, 0.1) is 0 Å². The number of nitrogens with one attached hydrogen (secondary N) is 1. The van der Waals surface area contributed by atoms with Gasteiger partial charge in [-0.2, -0.15) is 4.98 Å². The van der Waals surface area contributed by atoms with Crippen molar-refractivity contribution in [3.63, 3.8) is 0 Å². The van der Waals surface area contributed by atoms with Crippen molar-refractivity contribution in [2.45, 2.75) is 58.4 Å². The molecule has 33 heavy (non-hydrogen) atoms. The molecular weight excluding hydrogens is 458 g/mol. The lowest BCUT2D eigenvalue weighted by Gasteiger charge is -2.25. The standard InChI is InChI=1S/C22H27ClF2N4O4/c1-12(2)29-19(30)17(23)18(33-11-13-5-6-14(24)9-16(13)25)27-21(29)28-8-7-15(10-28)26-20(31)22(3,4)32/h5-6,9,12,15,32H,7-8,10-11H2,1-4H3,(H,26,31)/t15-/m0/s1. The van der Waals surface area contributed by atoms with E-state index in [2.05, 4.69) is 10.3 Å². The summed E-state index contributed by atoms with van der Waals surface area (Å²) in [5.41, 5.74) is -1.95. The molecule has 8 nitrogen and oxygen atoms in total. The molecule has 1 amide bonds. The maximum absolute atomic E-state index is 14.0. The molecule has 180 valence electrons. The summed E-state index contributed by atoms with van der Waals surface area (Å²) >= 11 is 6.22. The fourth-order valence-corrected chi connectivity index (χ4v) is 3.66. The van der Waals surface area contributed by atoms with Crippen molar-refractivity contribution in [1.82, 2.24) is 14.9 Å². The van der Waals surface area contributed by atoms with E-state index in [-0.39, 0.29) is 35.2 Å². The largest absolute Gasteiger partial charge is 0.471 e. The molecule has 1 fully saturated rings. The van der Waals surface area contributed by atoms with E-state index in [0.29, 0.717) is 25.5 Å². The fraction of sp³-hybridized carbons (Fsp3) is 0.500. The highest BCUT2D eigenvalue weighted by Gasteiger charge is 2.32. The minimum absolute atomic E-state index is 0.0828. The quantitative estimate of drug-likeness (QED) is 0.627. The zero-order chi connectivity index (χ0) is 24.5. The Balaban J connectivity index is 1.87. The molecule has 0 saturated carbocycles. The zero-order valence-electron chi connectivity index (χ0n) is 18.9. The van der Waals surface area contributed by atoms with Crippen molar-refractivity contribution in [1.29, 1.82) is 0 Å². The molecule has 2 aromatic rings. The highest BCUT2D eigenvalue weighted by atomic mass is 35.5. The number of aliphatic hydroxyl groups is 1. The molecule has 11 heteroatoms. The highest BCUT2D eigenvalue weighted by molar-refractivity contribution is 6.31. The molecule has 1 aliphatic rings. The van der Waals surface area contributed by atoms with E-state index in [4.69, 9.17) is 16.3 Å². The number of benzene rings is 1. The van der Waals surface area contributed by atoms with Crippen molar-refractivity contribution < 1.29 is 23.4 Å². The summed E-state index contributed by atoms with van der Waals surface area (Å²) in [4.78, 5) is 31.4. The fourth-order valence-electron chi connectivity index (χ4n) is 3.47. The van der Waals surface area contributed by atoms with Crippen LogP contribution in [0.25, 0.3) is 0 Å². The Hall–Kier alpha value is -2.72. The molecule has 1 aromatic carbocycles. The summed E-state index contributed by atoms with van der Waals surface area (Å²) in [7, 11) is 0. The summed E-state index contributed by atoms with van der Waals surface area (Å²) in [6, 6.07) is 2.56. The molecule has 1 aliphatic heterocycles. The predicted octanol–water partition coefficient (Wildman–Crippen LogP) is 2.80. The number of nitrogens with zero attached hydrogens (tertiary/aromatic N) is 3. The van der Waals surface area contributed by atoms with Gasteiger partial charge in [0.1, 0.15) is 23.8 Å². The number of ether oxygens (including phenoxy) is 1. The van der Waals surface area contributed by atoms with Crippen LogP contribution in [0.1, 0.15) is 45.7 Å². The van der Waals surface area contributed by atoms with Gasteiger partial charge in [0.2, 0.25) is 11.8 Å². The highest BCUT2D eigenvalue weighted by Crippen LogP contribution is 2.27. The molecule has 0 unspecified atom stereocenters. The summed E-state index contributed by atoms with van der Waals surface area (Å²) in [5.74, 6) is -1.86. The second kappa shape index (κ2) is 9.64. The van der Waals surface area contributed by atoms with Crippen molar-refractivity contribution in [2.75, 3.05) is 18.0 Å². The lowest BCUT2D eigenvalue weighted by atomic mass is 10.1. The first-order chi connectivity index (χ1) is 15.4. The van der Waals surface area contributed by atoms with E-state index in [1.807, 2.05) is 4.90 Å². The summed E-state index contributed by atoms with van der Waals surface area (Å²) in [6.07, 6.45) is 0.579. The van der Waals surface area contributed by atoms with Crippen LogP contribution in [0.4, 0.5) is 14.7 Å². The molecule has 2 N–H and O–H groups in total. The summed E-state index contributed by atoms with van der Waals surface area (Å²) in [6.45, 7) is 6.97. The Morgan fingerprint density at radius 2 is 2.09 bits per heavy atom. The van der Waals surface area contributed by atoms with Gasteiger partial charge >= 0.3 is 0 Å². The van der Waals surface area contributed by atoms with Crippen LogP contribution >= 0.6 is 11.6 Å². The van der Waals surface area contributed by atoms with Crippen molar-refractivity contribution in [3.05, 3.63) is 50.8 Å². The minimum Gasteiger partial charge on any atom is -0.471 e. The van der Waals surface area contributed by atoms with Gasteiger partial charge in [0.25, 0.3) is 11.5 Å². The molecule has 1 saturated heterocycles. The van der Waals surface area contributed by atoms with E-state index < -0.39 is 28.7 Å². The monoisotopic (exact) mass is 484 g/mol. The van der Waals surface area contributed by atoms with Crippen LogP contribution in [0.15, 0.2) is 23.0 Å². The van der Waals surface area contributed by atoms with Gasteiger partial charge in [0, 0.05) is 36.8 Å². The number of hydrogen-bond acceptors (Lipinski definition) is 6. The summed E-state index contributed by atoms with van der Waals surface area (Å²) < 4.78 is 34.1. The Labute approximate surface area is 195 Å². The molecule has 0 spiro atoms. The van der Waals surface area contributed by atoms with E-state index in [1.54, 1.807) is 13.8 Å². The van der Waals surface area contributed by atoms with E-state index >= 15 is 0 Å². The van der Waals surface area contributed by atoms with E-state index in [0.717, 1.165) is 12.1 Å². The SMILES string of the molecule is CC(C)n1c(N2CC[C@H](NC(=O)C(C)(C)O)C2)nc(OCc2ccc(F)cc2F)c(Cl)c1=O. The Morgan fingerprint density at radius 3 is 2.70 bits per heavy atom. The van der Waals surface area contributed by atoms with Gasteiger partial charge in [0.15, 0.2) is 5.02 Å². The Bertz CT molecular complexity index is 1100. The van der Waals surface area contributed by atoms with Gasteiger partial charge in [-0.05, 0) is 46.2 Å². The Kier molecular flexibility index (Phi) is 7.28. The van der Waals surface area contributed by atoms with Crippen LogP contribution < -0.4 is 20.5 Å². The van der Waals surface area contributed by atoms with Gasteiger partial charge in [-0.3, -0.25) is 14.2 Å². The van der Waals surface area contributed by atoms with Crippen LogP contribution in [0.2, 0.25) is 5.02 Å². The first-order valence-electron chi connectivity index (χ1n) is 10.6. The molecule has 3 rings (SSSR count). The predicted molar refractivity (Wildman–Crippen MR) is 120 cm³/mol. The topological polar surface area (TPSA) is 96.7 Å². The third kappa shape index (κ3) is 5.62. The molecule has 2 heterocycles. The molecule has 0 bridgehead atoms. The van der Waals surface area contributed by atoms with Crippen LogP contribution in [-0.2, 0) is 11.4 Å². The normalized spacial score (nSPS) is 16.4. The second-order valence-corrected chi connectivity index (χ2v) is 9.17. The number of amides is 1. The number of halogens is 3. The molecule has 0 aliphatic carbocycles. The number of rotatable bonds is 7.